The number of nitrogens with zero attached hydrogens (tertiary/aromatic N) is 5. The van der Waals surface area contributed by atoms with Gasteiger partial charge in [-0.05, 0) is 36.8 Å². The van der Waals surface area contributed by atoms with Crippen LogP contribution in [0, 0.1) is 12.7 Å². The largest absolute Gasteiger partial charge is 0.310 e. The number of nitrogens with one attached hydrogen (secondary N) is 2. The molecule has 0 fully saturated rings. The summed E-state index contributed by atoms with van der Waals surface area (Å²) < 4.78 is 16.0. The number of aromatic nitrogens is 6. The molecule has 2 aromatic carbocycles. The minimum absolute atomic E-state index is 0.0499. The highest BCUT2D eigenvalue weighted by molar-refractivity contribution is 5.91. The van der Waals surface area contributed by atoms with Crippen LogP contribution in [0.4, 0.5) is 10.2 Å². The second-order valence-electron chi connectivity index (χ2n) is 7.45. The molecule has 0 radical (unpaired) electrons. The van der Waals surface area contributed by atoms with Crippen LogP contribution in [0.2, 0.25) is 0 Å². The van der Waals surface area contributed by atoms with Crippen LogP contribution in [0.15, 0.2) is 71.7 Å². The summed E-state index contributed by atoms with van der Waals surface area (Å²) in [5.74, 6) is -0.211. The summed E-state index contributed by atoms with van der Waals surface area (Å²) in [5.41, 5.74) is 2.01. The molecular weight excluding hydrogens is 425 g/mol. The Hall–Kier alpha value is -4.60. The van der Waals surface area contributed by atoms with Crippen LogP contribution < -0.4 is 10.9 Å². The average molecular weight is 443 g/mol. The number of fused-ring (bicyclic) bond motifs is 1. The van der Waals surface area contributed by atoms with Gasteiger partial charge in [-0.25, -0.2) is 9.07 Å². The monoisotopic (exact) mass is 443 g/mol. The fourth-order valence-electron chi connectivity index (χ4n) is 3.49. The number of H-pyrrole nitrogens is 1. The molecule has 2 N–H and O–H groups in total. The smallest absolute Gasteiger partial charge is 0.263 e. The van der Waals surface area contributed by atoms with Gasteiger partial charge >= 0.3 is 0 Å². The van der Waals surface area contributed by atoms with Crippen LogP contribution in [0.5, 0.6) is 0 Å². The van der Waals surface area contributed by atoms with Crippen molar-refractivity contribution < 1.29 is 9.18 Å². The maximum Gasteiger partial charge on any atom is 0.263 e. The summed E-state index contributed by atoms with van der Waals surface area (Å²) in [6.45, 7) is 1.76. The highest BCUT2D eigenvalue weighted by Gasteiger charge is 2.17. The lowest BCUT2D eigenvalue weighted by Gasteiger charge is -2.09. The van der Waals surface area contributed by atoms with Gasteiger partial charge in [-0.1, -0.05) is 30.3 Å². The number of halogens is 1. The van der Waals surface area contributed by atoms with Crippen molar-refractivity contribution in [3.63, 3.8) is 0 Å². The zero-order valence-corrected chi connectivity index (χ0v) is 17.5. The van der Waals surface area contributed by atoms with Crippen LogP contribution in [-0.2, 0) is 11.2 Å². The fraction of sp³-hybridized carbons (Fsp3) is 0.0870. The Balaban J connectivity index is 1.51. The Morgan fingerprint density at radius 1 is 1.09 bits per heavy atom. The van der Waals surface area contributed by atoms with Crippen LogP contribution in [-0.4, -0.2) is 35.4 Å². The Labute approximate surface area is 186 Å². The zero-order chi connectivity index (χ0) is 22.9. The van der Waals surface area contributed by atoms with Gasteiger partial charge in [0, 0.05) is 6.07 Å². The van der Waals surface area contributed by atoms with Crippen molar-refractivity contribution in [2.24, 2.45) is 0 Å². The molecule has 0 unspecified atom stereocenters. The van der Waals surface area contributed by atoms with Crippen LogP contribution in [0.1, 0.15) is 11.3 Å². The van der Waals surface area contributed by atoms with E-state index in [0.717, 1.165) is 5.69 Å². The highest BCUT2D eigenvalue weighted by atomic mass is 19.1. The van der Waals surface area contributed by atoms with E-state index in [1.807, 2.05) is 30.3 Å². The van der Waals surface area contributed by atoms with E-state index >= 15 is 0 Å². The lowest BCUT2D eigenvalue weighted by Crippen LogP contribution is -2.20. The molecule has 5 aromatic rings. The van der Waals surface area contributed by atoms with E-state index in [0.29, 0.717) is 28.1 Å². The molecule has 0 bridgehead atoms. The van der Waals surface area contributed by atoms with Crippen LogP contribution in [0.3, 0.4) is 0 Å². The second-order valence-corrected chi connectivity index (χ2v) is 7.45. The number of para-hydroxylation sites is 1. The molecule has 3 heterocycles. The van der Waals surface area contributed by atoms with E-state index in [4.69, 9.17) is 0 Å². The lowest BCUT2D eigenvalue weighted by molar-refractivity contribution is -0.115. The standard InChI is InChI=1S/C23H18FN7O2/c1-14-11-19(26-20(32)12-15-7-9-16(24)10-8-15)31(29-14)23-27-21-18(22(33)28-23)13-25-30(21)17-5-3-2-4-6-17/h2-11,13H,12H2,1H3,(H,26,32)(H,27,28,33). The predicted octanol–water partition coefficient (Wildman–Crippen LogP) is 2.92. The first-order chi connectivity index (χ1) is 16.0. The fourth-order valence-corrected chi connectivity index (χ4v) is 3.49. The van der Waals surface area contributed by atoms with Crippen molar-refractivity contribution in [3.05, 3.63) is 94.3 Å². The molecule has 33 heavy (non-hydrogen) atoms. The summed E-state index contributed by atoms with van der Waals surface area (Å²) in [4.78, 5) is 32.6. The number of benzene rings is 2. The Kier molecular flexibility index (Phi) is 5.02. The van der Waals surface area contributed by atoms with Crippen molar-refractivity contribution >= 4 is 22.8 Å². The first kappa shape index (κ1) is 20.3. The lowest BCUT2D eigenvalue weighted by atomic mass is 10.1. The van der Waals surface area contributed by atoms with Gasteiger partial charge in [-0.15, -0.1) is 0 Å². The van der Waals surface area contributed by atoms with E-state index in [1.54, 1.807) is 29.8 Å². The van der Waals surface area contributed by atoms with Gasteiger partial charge in [0.1, 0.15) is 17.0 Å². The highest BCUT2D eigenvalue weighted by Crippen LogP contribution is 2.18. The van der Waals surface area contributed by atoms with Crippen LogP contribution >= 0.6 is 0 Å². The number of rotatable bonds is 5. The molecule has 1 amide bonds. The average Bonchev–Trinajstić information content (AvgIpc) is 3.39. The molecule has 5 rings (SSSR count). The number of carbonyl (C=O) groups excluding carboxylic acids is 1. The number of amides is 1. The quantitative estimate of drug-likeness (QED) is 0.434. The molecule has 9 nitrogen and oxygen atoms in total. The summed E-state index contributed by atoms with van der Waals surface area (Å²) >= 11 is 0. The number of aromatic amines is 1. The maximum absolute atomic E-state index is 13.1. The third-order valence-corrected chi connectivity index (χ3v) is 5.00. The van der Waals surface area contributed by atoms with Crippen molar-refractivity contribution in [2.75, 3.05) is 5.32 Å². The maximum atomic E-state index is 13.1. The molecule has 0 atom stereocenters. The minimum Gasteiger partial charge on any atom is -0.310 e. The minimum atomic E-state index is -0.381. The summed E-state index contributed by atoms with van der Waals surface area (Å²) in [6.07, 6.45) is 1.51. The molecule has 164 valence electrons. The Morgan fingerprint density at radius 3 is 2.61 bits per heavy atom. The van der Waals surface area contributed by atoms with E-state index < -0.39 is 0 Å². The van der Waals surface area contributed by atoms with Gasteiger partial charge in [-0.3, -0.25) is 14.6 Å². The van der Waals surface area contributed by atoms with Crippen molar-refractivity contribution in [3.8, 4) is 11.6 Å². The number of carbonyl (C=O) groups is 1. The van der Waals surface area contributed by atoms with Gasteiger partial charge in [0.05, 0.1) is 24.0 Å². The number of hydrogen-bond acceptors (Lipinski definition) is 5. The van der Waals surface area contributed by atoms with Crippen molar-refractivity contribution in [1.29, 1.82) is 0 Å². The predicted molar refractivity (Wildman–Crippen MR) is 120 cm³/mol. The number of anilines is 1. The topological polar surface area (TPSA) is 110 Å². The molecule has 0 aliphatic carbocycles. The molecule has 3 aromatic heterocycles. The zero-order valence-electron chi connectivity index (χ0n) is 17.5. The van der Waals surface area contributed by atoms with Gasteiger partial charge < -0.3 is 5.32 Å². The summed E-state index contributed by atoms with van der Waals surface area (Å²) in [6, 6.07) is 16.7. The van der Waals surface area contributed by atoms with E-state index in [9.17, 15) is 14.0 Å². The molecule has 0 saturated heterocycles. The third-order valence-electron chi connectivity index (χ3n) is 5.00. The molecule has 10 heteroatoms. The molecule has 0 aliphatic heterocycles. The van der Waals surface area contributed by atoms with Gasteiger partial charge in [-0.2, -0.15) is 19.9 Å². The van der Waals surface area contributed by atoms with Crippen LogP contribution in [0.25, 0.3) is 22.7 Å². The van der Waals surface area contributed by atoms with E-state index in [1.165, 1.54) is 23.0 Å². The normalized spacial score (nSPS) is 11.1. The van der Waals surface area contributed by atoms with Gasteiger partial charge in [0.2, 0.25) is 11.9 Å². The first-order valence-corrected chi connectivity index (χ1v) is 10.1. The Bertz CT molecular complexity index is 1520. The van der Waals surface area contributed by atoms with Gasteiger partial charge in [0.25, 0.3) is 5.56 Å². The van der Waals surface area contributed by atoms with E-state index in [-0.39, 0.29) is 29.7 Å². The van der Waals surface area contributed by atoms with Gasteiger partial charge in [0.15, 0.2) is 5.65 Å². The van der Waals surface area contributed by atoms with Crippen molar-refractivity contribution in [1.82, 2.24) is 29.5 Å². The number of aryl methyl sites for hydroxylation is 1. The second kappa shape index (κ2) is 8.15. The molecule has 0 saturated carbocycles. The first-order valence-electron chi connectivity index (χ1n) is 10.1. The summed E-state index contributed by atoms with van der Waals surface area (Å²) in [7, 11) is 0. The molecular formula is C23H18FN7O2. The third kappa shape index (κ3) is 4.01. The number of hydrogen-bond donors (Lipinski definition) is 2. The Morgan fingerprint density at radius 2 is 1.85 bits per heavy atom. The van der Waals surface area contributed by atoms with E-state index in [2.05, 4.69) is 25.5 Å². The summed E-state index contributed by atoms with van der Waals surface area (Å²) in [5, 5.41) is 11.8. The molecule has 0 spiro atoms. The van der Waals surface area contributed by atoms with Crippen molar-refractivity contribution in [2.45, 2.75) is 13.3 Å². The SMILES string of the molecule is Cc1cc(NC(=O)Cc2ccc(F)cc2)n(-c2nc3c(cnn3-c3ccccc3)c(=O)[nH]2)n1. The molecule has 0 aliphatic rings.